The second-order valence-corrected chi connectivity index (χ2v) is 4.06. The van der Waals surface area contributed by atoms with E-state index >= 15 is 0 Å². The number of halogens is 1. The van der Waals surface area contributed by atoms with Crippen LogP contribution in [0.3, 0.4) is 0 Å². The van der Waals surface area contributed by atoms with Crippen LogP contribution < -0.4 is 5.32 Å². The normalized spacial score (nSPS) is 30.4. The smallest absolute Gasteiger partial charge is 0.172 e. The summed E-state index contributed by atoms with van der Waals surface area (Å²) >= 11 is 0. The fourth-order valence-corrected chi connectivity index (χ4v) is 2.10. The Morgan fingerprint density at radius 3 is 3.00 bits per heavy atom. The van der Waals surface area contributed by atoms with Crippen molar-refractivity contribution in [3.8, 4) is 0 Å². The highest BCUT2D eigenvalue weighted by Crippen LogP contribution is 2.22. The maximum absolute atomic E-state index is 13.9. The third-order valence-corrected chi connectivity index (χ3v) is 2.94. The van der Waals surface area contributed by atoms with Crippen molar-refractivity contribution in [3.05, 3.63) is 11.8 Å². The monoisotopic (exact) mass is 199 g/mol. The van der Waals surface area contributed by atoms with E-state index in [2.05, 4.69) is 5.32 Å². The Morgan fingerprint density at radius 2 is 2.36 bits per heavy atom. The summed E-state index contributed by atoms with van der Waals surface area (Å²) < 4.78 is 19.3. The maximum Gasteiger partial charge on any atom is 0.172 e. The first-order valence-corrected chi connectivity index (χ1v) is 5.58. The molecule has 0 spiro atoms. The zero-order valence-corrected chi connectivity index (χ0v) is 8.47. The molecule has 1 fully saturated rings. The standard InChI is InChI=1S/C11H18FNO/c12-11(9-5-1-3-7-13-9)10-6-2-4-8-14-10/h6,9,11,13H,1-5,7-8H2. The molecular weight excluding hydrogens is 181 g/mol. The van der Waals surface area contributed by atoms with E-state index in [1.54, 1.807) is 0 Å². The summed E-state index contributed by atoms with van der Waals surface area (Å²) in [4.78, 5) is 0. The van der Waals surface area contributed by atoms with Gasteiger partial charge < -0.3 is 10.1 Å². The molecule has 0 saturated carbocycles. The fraction of sp³-hybridized carbons (Fsp3) is 0.818. The van der Waals surface area contributed by atoms with Gasteiger partial charge in [-0.05, 0) is 38.3 Å². The van der Waals surface area contributed by atoms with Gasteiger partial charge in [0.25, 0.3) is 0 Å². The van der Waals surface area contributed by atoms with E-state index in [-0.39, 0.29) is 6.04 Å². The number of ether oxygens (including phenoxy) is 1. The molecule has 0 aromatic rings. The van der Waals surface area contributed by atoms with E-state index in [1.165, 1.54) is 6.42 Å². The molecule has 80 valence electrons. The predicted molar refractivity (Wildman–Crippen MR) is 53.8 cm³/mol. The van der Waals surface area contributed by atoms with Gasteiger partial charge in [-0.2, -0.15) is 0 Å². The van der Waals surface area contributed by atoms with Gasteiger partial charge >= 0.3 is 0 Å². The predicted octanol–water partition coefficient (Wildman–Crippen LogP) is 2.16. The van der Waals surface area contributed by atoms with Crippen LogP contribution in [-0.2, 0) is 4.74 Å². The summed E-state index contributed by atoms with van der Waals surface area (Å²) in [5.41, 5.74) is 0. The van der Waals surface area contributed by atoms with Gasteiger partial charge in [-0.15, -0.1) is 0 Å². The molecule has 3 heteroatoms. The van der Waals surface area contributed by atoms with Crippen LogP contribution in [0.25, 0.3) is 0 Å². The van der Waals surface area contributed by atoms with Crippen molar-refractivity contribution < 1.29 is 9.13 Å². The van der Waals surface area contributed by atoms with Crippen molar-refractivity contribution in [3.63, 3.8) is 0 Å². The van der Waals surface area contributed by atoms with Crippen molar-refractivity contribution in [2.24, 2.45) is 0 Å². The molecule has 2 atom stereocenters. The maximum atomic E-state index is 13.9. The largest absolute Gasteiger partial charge is 0.495 e. The number of nitrogens with one attached hydrogen (secondary N) is 1. The Hall–Kier alpha value is -0.570. The van der Waals surface area contributed by atoms with Gasteiger partial charge in [0.15, 0.2) is 6.17 Å². The lowest BCUT2D eigenvalue weighted by atomic mass is 9.98. The number of hydrogen-bond acceptors (Lipinski definition) is 2. The van der Waals surface area contributed by atoms with Crippen LogP contribution >= 0.6 is 0 Å². The first-order chi connectivity index (χ1) is 6.88. The van der Waals surface area contributed by atoms with E-state index < -0.39 is 6.17 Å². The van der Waals surface area contributed by atoms with Crippen LogP contribution in [0.1, 0.15) is 32.1 Å². The topological polar surface area (TPSA) is 21.3 Å². The lowest BCUT2D eigenvalue weighted by Crippen LogP contribution is -2.42. The second kappa shape index (κ2) is 4.78. The lowest BCUT2D eigenvalue weighted by molar-refractivity contribution is 0.114. The third-order valence-electron chi connectivity index (χ3n) is 2.94. The highest BCUT2D eigenvalue weighted by molar-refractivity contribution is 5.06. The molecule has 0 bridgehead atoms. The Bertz CT molecular complexity index is 211. The minimum atomic E-state index is -0.935. The molecular formula is C11H18FNO. The molecule has 0 radical (unpaired) electrons. The molecule has 2 aliphatic heterocycles. The highest BCUT2D eigenvalue weighted by atomic mass is 19.1. The molecule has 0 aliphatic carbocycles. The van der Waals surface area contributed by atoms with Gasteiger partial charge in [0.2, 0.25) is 0 Å². The van der Waals surface area contributed by atoms with Crippen LogP contribution in [0, 0.1) is 0 Å². The Kier molecular flexibility index (Phi) is 3.40. The molecule has 0 amide bonds. The van der Waals surface area contributed by atoms with Crippen LogP contribution in [0.5, 0.6) is 0 Å². The second-order valence-electron chi connectivity index (χ2n) is 4.06. The molecule has 2 aliphatic rings. The molecule has 0 aromatic carbocycles. The van der Waals surface area contributed by atoms with Crippen LogP contribution in [-0.4, -0.2) is 25.4 Å². The van der Waals surface area contributed by atoms with Crippen molar-refractivity contribution in [2.45, 2.75) is 44.3 Å². The van der Waals surface area contributed by atoms with Gasteiger partial charge in [-0.25, -0.2) is 4.39 Å². The molecule has 0 aromatic heterocycles. The lowest BCUT2D eigenvalue weighted by Gasteiger charge is -2.29. The molecule has 2 rings (SSSR count). The minimum absolute atomic E-state index is 0.0203. The average molecular weight is 199 g/mol. The minimum Gasteiger partial charge on any atom is -0.495 e. The zero-order valence-electron chi connectivity index (χ0n) is 8.47. The summed E-state index contributed by atoms with van der Waals surface area (Å²) in [6, 6.07) is -0.0203. The van der Waals surface area contributed by atoms with Gasteiger partial charge in [0, 0.05) is 6.04 Å². The molecule has 1 saturated heterocycles. The Labute approximate surface area is 84.5 Å². The summed E-state index contributed by atoms with van der Waals surface area (Å²) in [6.07, 6.45) is 6.19. The first-order valence-electron chi connectivity index (χ1n) is 5.58. The number of hydrogen-bond donors (Lipinski definition) is 1. The summed E-state index contributed by atoms with van der Waals surface area (Å²) in [5.74, 6) is 0.565. The summed E-state index contributed by atoms with van der Waals surface area (Å²) in [5, 5.41) is 3.22. The molecule has 2 heterocycles. The van der Waals surface area contributed by atoms with Crippen molar-refractivity contribution in [2.75, 3.05) is 13.2 Å². The zero-order chi connectivity index (χ0) is 9.80. The van der Waals surface area contributed by atoms with Crippen LogP contribution in [0.15, 0.2) is 11.8 Å². The number of rotatable bonds is 2. The van der Waals surface area contributed by atoms with Crippen LogP contribution in [0.2, 0.25) is 0 Å². The van der Waals surface area contributed by atoms with E-state index in [0.29, 0.717) is 12.4 Å². The Morgan fingerprint density at radius 1 is 1.43 bits per heavy atom. The van der Waals surface area contributed by atoms with E-state index in [0.717, 1.165) is 32.2 Å². The van der Waals surface area contributed by atoms with Gasteiger partial charge in [0.05, 0.1) is 6.61 Å². The van der Waals surface area contributed by atoms with Crippen molar-refractivity contribution in [1.82, 2.24) is 5.32 Å². The number of alkyl halides is 1. The number of piperidine rings is 1. The van der Waals surface area contributed by atoms with E-state index in [1.807, 2.05) is 6.08 Å². The molecule has 2 unspecified atom stereocenters. The number of allylic oxidation sites excluding steroid dienone is 1. The van der Waals surface area contributed by atoms with Crippen molar-refractivity contribution >= 4 is 0 Å². The van der Waals surface area contributed by atoms with Crippen molar-refractivity contribution in [1.29, 1.82) is 0 Å². The summed E-state index contributed by atoms with van der Waals surface area (Å²) in [6.45, 7) is 1.62. The third kappa shape index (κ3) is 2.27. The molecule has 2 nitrogen and oxygen atoms in total. The summed E-state index contributed by atoms with van der Waals surface area (Å²) in [7, 11) is 0. The fourth-order valence-electron chi connectivity index (χ4n) is 2.10. The Balaban J connectivity index is 1.91. The van der Waals surface area contributed by atoms with Crippen LogP contribution in [0.4, 0.5) is 4.39 Å². The highest BCUT2D eigenvalue weighted by Gasteiger charge is 2.27. The first kappa shape index (κ1) is 9.97. The molecule has 1 N–H and O–H groups in total. The molecule has 14 heavy (non-hydrogen) atoms. The average Bonchev–Trinajstić information content (AvgIpc) is 2.30. The van der Waals surface area contributed by atoms with E-state index in [4.69, 9.17) is 4.74 Å². The van der Waals surface area contributed by atoms with Gasteiger partial charge in [-0.1, -0.05) is 6.42 Å². The quantitative estimate of drug-likeness (QED) is 0.736. The van der Waals surface area contributed by atoms with Gasteiger partial charge in [0.1, 0.15) is 5.76 Å². The van der Waals surface area contributed by atoms with E-state index in [9.17, 15) is 4.39 Å². The van der Waals surface area contributed by atoms with Gasteiger partial charge in [-0.3, -0.25) is 0 Å². The SMILES string of the molecule is FC(C1=CCCCO1)C1CCCCN1.